The summed E-state index contributed by atoms with van der Waals surface area (Å²) in [6, 6.07) is 4.73. The van der Waals surface area contributed by atoms with Crippen molar-refractivity contribution >= 4 is 5.91 Å². The zero-order valence-corrected chi connectivity index (χ0v) is 15.1. The smallest absolute Gasteiger partial charge is 0.422 e. The Bertz CT molecular complexity index is 608. The summed E-state index contributed by atoms with van der Waals surface area (Å²) < 4.78 is 46.7. The van der Waals surface area contributed by atoms with Crippen LogP contribution in [0.3, 0.4) is 0 Å². The molecule has 1 N–H and O–H groups in total. The van der Waals surface area contributed by atoms with Crippen molar-refractivity contribution in [2.24, 2.45) is 5.92 Å². The van der Waals surface area contributed by atoms with Gasteiger partial charge < -0.3 is 19.7 Å². The molecular weight excluding hydrogens is 349 g/mol. The molecule has 1 unspecified atom stereocenters. The van der Waals surface area contributed by atoms with Gasteiger partial charge in [0.15, 0.2) is 18.1 Å². The zero-order valence-electron chi connectivity index (χ0n) is 15.1. The van der Waals surface area contributed by atoms with Crippen molar-refractivity contribution in [1.82, 2.24) is 10.2 Å². The van der Waals surface area contributed by atoms with Crippen LogP contribution in [0.25, 0.3) is 0 Å². The van der Waals surface area contributed by atoms with Gasteiger partial charge in [-0.1, -0.05) is 6.07 Å². The minimum absolute atomic E-state index is 0.0364. The lowest BCUT2D eigenvalue weighted by molar-refractivity contribution is -0.153. The van der Waals surface area contributed by atoms with E-state index in [1.165, 1.54) is 13.2 Å². The van der Waals surface area contributed by atoms with Gasteiger partial charge in [-0.3, -0.25) is 4.79 Å². The van der Waals surface area contributed by atoms with Crippen LogP contribution in [0, 0.1) is 5.92 Å². The van der Waals surface area contributed by atoms with Gasteiger partial charge in [0.25, 0.3) is 0 Å². The lowest BCUT2D eigenvalue weighted by Gasteiger charge is -2.17. The molecule has 146 valence electrons. The monoisotopic (exact) mass is 374 g/mol. The number of amides is 1. The number of likely N-dealkylation sites (tertiary alicyclic amines) is 1. The van der Waals surface area contributed by atoms with Crippen LogP contribution < -0.4 is 14.8 Å². The first-order valence-corrected chi connectivity index (χ1v) is 8.61. The Morgan fingerprint density at radius 3 is 2.77 bits per heavy atom. The molecule has 1 fully saturated rings. The maximum Gasteiger partial charge on any atom is 0.422 e. The number of nitrogens with one attached hydrogen (secondary N) is 1. The molecule has 0 bridgehead atoms. The minimum Gasteiger partial charge on any atom is -0.493 e. The first-order chi connectivity index (χ1) is 12.3. The molecule has 1 aromatic carbocycles. The fourth-order valence-electron chi connectivity index (χ4n) is 3.07. The predicted octanol–water partition coefficient (Wildman–Crippen LogP) is 2.64. The first-order valence-electron chi connectivity index (χ1n) is 8.61. The molecule has 0 spiro atoms. The van der Waals surface area contributed by atoms with Crippen molar-refractivity contribution in [3.63, 3.8) is 0 Å². The van der Waals surface area contributed by atoms with Crippen LogP contribution in [0.15, 0.2) is 18.2 Å². The standard InChI is InChI=1S/C18H25F3N2O3/c1-22-10-14-7-8-23(11-14)17(24)6-4-13-3-5-15(16(9-13)25-2)26-12-18(19,20)21/h3,5,9,14,22H,4,6-8,10-12H2,1-2H3. The molecule has 0 radical (unpaired) electrons. The Labute approximate surface area is 151 Å². The minimum atomic E-state index is -4.41. The number of hydrogen-bond acceptors (Lipinski definition) is 4. The number of methoxy groups -OCH3 is 1. The molecule has 26 heavy (non-hydrogen) atoms. The fourth-order valence-corrected chi connectivity index (χ4v) is 3.07. The molecular formula is C18H25F3N2O3. The summed E-state index contributed by atoms with van der Waals surface area (Å²) in [6.45, 7) is 1.08. The van der Waals surface area contributed by atoms with Crippen LogP contribution in [0.2, 0.25) is 0 Å². The Morgan fingerprint density at radius 1 is 1.35 bits per heavy atom. The molecule has 8 heteroatoms. The van der Waals surface area contributed by atoms with Crippen LogP contribution >= 0.6 is 0 Å². The first kappa shape index (κ1) is 20.4. The number of carbonyl (C=O) groups excluding carboxylic acids is 1. The highest BCUT2D eigenvalue weighted by Crippen LogP contribution is 2.30. The lowest BCUT2D eigenvalue weighted by Crippen LogP contribution is -2.30. The van der Waals surface area contributed by atoms with Crippen LogP contribution in [-0.2, 0) is 11.2 Å². The largest absolute Gasteiger partial charge is 0.493 e. The third kappa shape index (κ3) is 6.09. The summed E-state index contributed by atoms with van der Waals surface area (Å²) in [5, 5.41) is 3.13. The number of benzene rings is 1. The molecule has 0 aromatic heterocycles. The van der Waals surface area contributed by atoms with Crippen LogP contribution in [0.5, 0.6) is 11.5 Å². The third-order valence-electron chi connectivity index (χ3n) is 4.38. The summed E-state index contributed by atoms with van der Waals surface area (Å²) in [7, 11) is 3.27. The molecule has 1 atom stereocenters. The van der Waals surface area contributed by atoms with Gasteiger partial charge in [0.1, 0.15) is 0 Å². The topological polar surface area (TPSA) is 50.8 Å². The number of alkyl halides is 3. The normalized spacial score (nSPS) is 17.4. The van der Waals surface area contributed by atoms with Gasteiger partial charge in [-0.15, -0.1) is 0 Å². The van der Waals surface area contributed by atoms with E-state index in [0.29, 0.717) is 18.8 Å². The zero-order chi connectivity index (χ0) is 19.2. The van der Waals surface area contributed by atoms with Gasteiger partial charge in [-0.2, -0.15) is 13.2 Å². The molecule has 1 saturated heterocycles. The Morgan fingerprint density at radius 2 is 2.12 bits per heavy atom. The predicted molar refractivity (Wildman–Crippen MR) is 91.5 cm³/mol. The van der Waals surface area contributed by atoms with Crippen molar-refractivity contribution in [2.75, 3.05) is 40.4 Å². The van der Waals surface area contributed by atoms with Gasteiger partial charge in [0, 0.05) is 19.5 Å². The number of ether oxygens (including phenoxy) is 2. The fraction of sp³-hybridized carbons (Fsp3) is 0.611. The SMILES string of the molecule is CNCC1CCN(C(=O)CCc2ccc(OCC(F)(F)F)c(OC)c2)C1. The second-order valence-electron chi connectivity index (χ2n) is 6.44. The molecule has 1 aliphatic heterocycles. The van der Waals surface area contributed by atoms with E-state index in [1.54, 1.807) is 12.1 Å². The Balaban J connectivity index is 1.88. The lowest BCUT2D eigenvalue weighted by atomic mass is 10.1. The van der Waals surface area contributed by atoms with Gasteiger partial charge in [0.2, 0.25) is 5.91 Å². The second-order valence-corrected chi connectivity index (χ2v) is 6.44. The van der Waals surface area contributed by atoms with E-state index in [0.717, 1.165) is 31.6 Å². The van der Waals surface area contributed by atoms with Crippen molar-refractivity contribution in [1.29, 1.82) is 0 Å². The van der Waals surface area contributed by atoms with Crippen LogP contribution in [0.1, 0.15) is 18.4 Å². The highest BCUT2D eigenvalue weighted by Gasteiger charge is 2.29. The summed E-state index contributed by atoms with van der Waals surface area (Å²) in [5.41, 5.74) is 0.820. The van der Waals surface area contributed by atoms with E-state index in [2.05, 4.69) is 5.32 Å². The van der Waals surface area contributed by atoms with Crippen molar-refractivity contribution in [3.8, 4) is 11.5 Å². The number of aryl methyl sites for hydroxylation is 1. The van der Waals surface area contributed by atoms with Gasteiger partial charge in [-0.25, -0.2) is 0 Å². The van der Waals surface area contributed by atoms with Crippen molar-refractivity contribution < 1.29 is 27.4 Å². The summed E-state index contributed by atoms with van der Waals surface area (Å²) in [4.78, 5) is 14.2. The van der Waals surface area contributed by atoms with Gasteiger partial charge in [-0.05, 0) is 50.0 Å². The number of carbonyl (C=O) groups is 1. The summed E-state index contributed by atoms with van der Waals surface area (Å²) in [6.07, 6.45) is -2.54. The number of hydrogen-bond donors (Lipinski definition) is 1. The molecule has 5 nitrogen and oxygen atoms in total. The van der Waals surface area contributed by atoms with E-state index in [9.17, 15) is 18.0 Å². The van der Waals surface area contributed by atoms with E-state index >= 15 is 0 Å². The average molecular weight is 374 g/mol. The second kappa shape index (κ2) is 9.12. The maximum atomic E-state index is 12.3. The number of rotatable bonds is 8. The Hall–Kier alpha value is -1.96. The van der Waals surface area contributed by atoms with Crippen LogP contribution in [0.4, 0.5) is 13.2 Å². The van der Waals surface area contributed by atoms with E-state index in [4.69, 9.17) is 9.47 Å². The highest BCUT2D eigenvalue weighted by molar-refractivity contribution is 5.76. The molecule has 1 heterocycles. The molecule has 1 aliphatic rings. The Kier molecular flexibility index (Phi) is 7.14. The molecule has 1 aromatic rings. The summed E-state index contributed by atoms with van der Waals surface area (Å²) in [5.74, 6) is 0.859. The number of nitrogens with zero attached hydrogens (tertiary/aromatic N) is 1. The maximum absolute atomic E-state index is 12.3. The summed E-state index contributed by atoms with van der Waals surface area (Å²) >= 11 is 0. The average Bonchev–Trinajstić information content (AvgIpc) is 3.06. The molecule has 0 saturated carbocycles. The molecule has 0 aliphatic carbocycles. The highest BCUT2D eigenvalue weighted by atomic mass is 19.4. The number of halogens is 3. The third-order valence-corrected chi connectivity index (χ3v) is 4.38. The quantitative estimate of drug-likeness (QED) is 0.760. The van der Waals surface area contributed by atoms with E-state index in [-0.39, 0.29) is 17.4 Å². The van der Waals surface area contributed by atoms with Gasteiger partial charge >= 0.3 is 6.18 Å². The van der Waals surface area contributed by atoms with E-state index in [1.807, 2.05) is 11.9 Å². The van der Waals surface area contributed by atoms with E-state index < -0.39 is 12.8 Å². The van der Waals surface area contributed by atoms with Crippen molar-refractivity contribution in [2.45, 2.75) is 25.4 Å². The molecule has 1 amide bonds. The van der Waals surface area contributed by atoms with Crippen LogP contribution in [-0.4, -0.2) is 57.4 Å². The van der Waals surface area contributed by atoms with Crippen molar-refractivity contribution in [3.05, 3.63) is 23.8 Å². The van der Waals surface area contributed by atoms with Gasteiger partial charge in [0.05, 0.1) is 7.11 Å². The molecule has 2 rings (SSSR count).